The van der Waals surface area contributed by atoms with Crippen LogP contribution in [-0.2, 0) is 7.05 Å². The maximum Gasteiger partial charge on any atom is 0.274 e. The molecule has 160 valence electrons. The largest absolute Gasteiger partial charge is 0.384 e. The number of nitrogens with one attached hydrogen (secondary N) is 2. The zero-order chi connectivity index (χ0) is 21.9. The highest BCUT2D eigenvalue weighted by atomic mass is 16.1. The van der Waals surface area contributed by atoms with Gasteiger partial charge in [-0.3, -0.25) is 19.4 Å². The molecule has 1 fully saturated rings. The van der Waals surface area contributed by atoms with E-state index in [1.807, 2.05) is 42.6 Å². The van der Waals surface area contributed by atoms with Crippen LogP contribution >= 0.6 is 0 Å². The lowest BCUT2D eigenvalue weighted by Gasteiger charge is -2.09. The standard InChI is InChI=1S/C24H23N7O/c1-31-15-22(23(30-31)20-5-2-3-10-26-20)29-24(32)21-7-4-6-19(28-21)17-11-18(14-25-13-17)27-12-16-8-9-16/h2-7,10-11,13-16,27H,8-9,12H2,1H3,(H,29,32). The van der Waals surface area contributed by atoms with Gasteiger partial charge in [-0.25, -0.2) is 4.98 Å². The van der Waals surface area contributed by atoms with Crippen LogP contribution in [-0.4, -0.2) is 37.2 Å². The zero-order valence-corrected chi connectivity index (χ0v) is 17.7. The molecular weight excluding hydrogens is 402 g/mol. The van der Waals surface area contributed by atoms with E-state index in [1.54, 1.807) is 36.4 Å². The first-order valence-corrected chi connectivity index (χ1v) is 10.6. The van der Waals surface area contributed by atoms with Crippen LogP contribution in [0.2, 0.25) is 0 Å². The molecule has 1 amide bonds. The number of carbonyl (C=O) groups is 1. The molecule has 1 saturated carbocycles. The molecule has 5 rings (SSSR count). The van der Waals surface area contributed by atoms with E-state index in [9.17, 15) is 4.79 Å². The number of pyridine rings is 3. The van der Waals surface area contributed by atoms with Crippen LogP contribution in [0.4, 0.5) is 11.4 Å². The van der Waals surface area contributed by atoms with Crippen LogP contribution in [0.25, 0.3) is 22.6 Å². The molecule has 0 spiro atoms. The molecule has 4 heterocycles. The molecule has 0 bridgehead atoms. The first kappa shape index (κ1) is 19.9. The fraction of sp³-hybridized carbons (Fsp3) is 0.208. The highest BCUT2D eigenvalue weighted by Crippen LogP contribution is 2.29. The summed E-state index contributed by atoms with van der Waals surface area (Å²) in [4.78, 5) is 26.2. The molecule has 32 heavy (non-hydrogen) atoms. The molecule has 0 atom stereocenters. The number of anilines is 2. The fourth-order valence-electron chi connectivity index (χ4n) is 3.44. The molecule has 1 aliphatic rings. The van der Waals surface area contributed by atoms with Crippen molar-refractivity contribution >= 4 is 17.3 Å². The van der Waals surface area contributed by atoms with Crippen molar-refractivity contribution in [2.24, 2.45) is 13.0 Å². The van der Waals surface area contributed by atoms with E-state index in [-0.39, 0.29) is 5.91 Å². The molecule has 4 aromatic heterocycles. The van der Waals surface area contributed by atoms with Crippen molar-refractivity contribution in [3.8, 4) is 22.6 Å². The molecule has 0 aromatic carbocycles. The van der Waals surface area contributed by atoms with Crippen molar-refractivity contribution in [3.63, 3.8) is 0 Å². The van der Waals surface area contributed by atoms with Gasteiger partial charge in [0, 0.05) is 43.9 Å². The Bertz CT molecular complexity index is 1250. The number of amides is 1. The van der Waals surface area contributed by atoms with Gasteiger partial charge in [0.2, 0.25) is 0 Å². The van der Waals surface area contributed by atoms with E-state index in [1.165, 1.54) is 12.8 Å². The number of carbonyl (C=O) groups excluding carboxylic acids is 1. The van der Waals surface area contributed by atoms with Crippen molar-refractivity contribution in [2.75, 3.05) is 17.2 Å². The Morgan fingerprint density at radius 2 is 2.00 bits per heavy atom. The van der Waals surface area contributed by atoms with Crippen molar-refractivity contribution in [2.45, 2.75) is 12.8 Å². The molecule has 2 N–H and O–H groups in total. The van der Waals surface area contributed by atoms with Gasteiger partial charge >= 0.3 is 0 Å². The van der Waals surface area contributed by atoms with Crippen molar-refractivity contribution in [1.29, 1.82) is 0 Å². The summed E-state index contributed by atoms with van der Waals surface area (Å²) in [6, 6.07) is 13.0. The van der Waals surface area contributed by atoms with Crippen molar-refractivity contribution in [3.05, 3.63) is 72.9 Å². The molecule has 0 saturated heterocycles. The molecule has 0 radical (unpaired) electrons. The van der Waals surface area contributed by atoms with Crippen LogP contribution in [0.15, 0.2) is 67.3 Å². The maximum absolute atomic E-state index is 13.0. The molecule has 1 aliphatic carbocycles. The minimum absolute atomic E-state index is 0.312. The van der Waals surface area contributed by atoms with E-state index in [0.717, 1.165) is 23.7 Å². The second-order valence-electron chi connectivity index (χ2n) is 7.93. The highest BCUT2D eigenvalue weighted by molar-refractivity contribution is 6.04. The Morgan fingerprint density at radius 1 is 1.12 bits per heavy atom. The van der Waals surface area contributed by atoms with Crippen molar-refractivity contribution < 1.29 is 4.79 Å². The van der Waals surface area contributed by atoms with E-state index >= 15 is 0 Å². The van der Waals surface area contributed by atoms with Gasteiger partial charge in [-0.2, -0.15) is 5.10 Å². The smallest absolute Gasteiger partial charge is 0.274 e. The lowest BCUT2D eigenvalue weighted by molar-refractivity contribution is 0.102. The fourth-order valence-corrected chi connectivity index (χ4v) is 3.44. The van der Waals surface area contributed by atoms with Crippen LogP contribution in [0.3, 0.4) is 0 Å². The minimum atomic E-state index is -0.312. The van der Waals surface area contributed by atoms with Gasteiger partial charge in [-0.05, 0) is 49.1 Å². The first-order valence-electron chi connectivity index (χ1n) is 10.6. The third kappa shape index (κ3) is 4.49. The van der Waals surface area contributed by atoms with E-state index in [4.69, 9.17) is 0 Å². The summed E-state index contributed by atoms with van der Waals surface area (Å²) in [5, 5.41) is 10.8. The number of aromatic nitrogens is 5. The average molecular weight is 425 g/mol. The monoisotopic (exact) mass is 425 g/mol. The number of hydrogen-bond donors (Lipinski definition) is 2. The summed E-state index contributed by atoms with van der Waals surface area (Å²) >= 11 is 0. The van der Waals surface area contributed by atoms with Gasteiger partial charge in [0.05, 0.1) is 22.8 Å². The van der Waals surface area contributed by atoms with Gasteiger partial charge in [-0.15, -0.1) is 0 Å². The Kier molecular flexibility index (Phi) is 5.33. The molecular formula is C24H23N7O. The number of nitrogens with zero attached hydrogens (tertiary/aromatic N) is 5. The minimum Gasteiger partial charge on any atom is -0.384 e. The topological polar surface area (TPSA) is 97.6 Å². The summed E-state index contributed by atoms with van der Waals surface area (Å²) in [5.41, 5.74) is 4.70. The lowest BCUT2D eigenvalue weighted by atomic mass is 10.1. The summed E-state index contributed by atoms with van der Waals surface area (Å²) < 4.78 is 1.65. The molecule has 8 heteroatoms. The van der Waals surface area contributed by atoms with Gasteiger partial charge in [0.15, 0.2) is 0 Å². The normalized spacial score (nSPS) is 13.0. The average Bonchev–Trinajstić information content (AvgIpc) is 3.59. The Labute approximate surface area is 185 Å². The third-order valence-corrected chi connectivity index (χ3v) is 5.29. The third-order valence-electron chi connectivity index (χ3n) is 5.29. The number of rotatable bonds is 7. The summed E-state index contributed by atoms with van der Waals surface area (Å²) in [6.45, 7) is 0.963. The van der Waals surface area contributed by atoms with Crippen LogP contribution in [0, 0.1) is 5.92 Å². The summed E-state index contributed by atoms with van der Waals surface area (Å²) in [5.74, 6) is 0.459. The lowest BCUT2D eigenvalue weighted by Crippen LogP contribution is -2.14. The Morgan fingerprint density at radius 3 is 2.81 bits per heavy atom. The summed E-state index contributed by atoms with van der Waals surface area (Å²) in [6.07, 6.45) is 9.60. The molecule has 0 unspecified atom stereocenters. The predicted molar refractivity (Wildman–Crippen MR) is 123 cm³/mol. The van der Waals surface area contributed by atoms with Crippen LogP contribution in [0.1, 0.15) is 23.3 Å². The number of aryl methyl sites for hydroxylation is 1. The second kappa shape index (κ2) is 8.58. The second-order valence-corrected chi connectivity index (χ2v) is 7.93. The zero-order valence-electron chi connectivity index (χ0n) is 17.7. The Balaban J connectivity index is 1.36. The van der Waals surface area contributed by atoms with E-state index < -0.39 is 0 Å². The Hall–Kier alpha value is -4.07. The van der Waals surface area contributed by atoms with Crippen molar-refractivity contribution in [1.82, 2.24) is 24.7 Å². The van der Waals surface area contributed by atoms with E-state index in [0.29, 0.717) is 28.5 Å². The van der Waals surface area contributed by atoms with E-state index in [2.05, 4.69) is 30.7 Å². The van der Waals surface area contributed by atoms with Crippen LogP contribution in [0.5, 0.6) is 0 Å². The molecule has 8 nitrogen and oxygen atoms in total. The van der Waals surface area contributed by atoms with Gasteiger partial charge in [0.25, 0.3) is 5.91 Å². The first-order chi connectivity index (χ1) is 15.7. The van der Waals surface area contributed by atoms with Crippen LogP contribution < -0.4 is 10.6 Å². The van der Waals surface area contributed by atoms with Gasteiger partial charge in [0.1, 0.15) is 11.4 Å². The highest BCUT2D eigenvalue weighted by Gasteiger charge is 2.20. The SMILES string of the molecule is Cn1cc(NC(=O)c2cccc(-c3cncc(NCC4CC4)c3)n2)c(-c2ccccn2)n1. The van der Waals surface area contributed by atoms with Gasteiger partial charge in [-0.1, -0.05) is 12.1 Å². The predicted octanol–water partition coefficient (Wildman–Crippen LogP) is 4.01. The maximum atomic E-state index is 13.0. The number of hydrogen-bond acceptors (Lipinski definition) is 6. The quantitative estimate of drug-likeness (QED) is 0.464. The molecule has 0 aliphatic heterocycles. The van der Waals surface area contributed by atoms with Gasteiger partial charge < -0.3 is 10.6 Å². The summed E-state index contributed by atoms with van der Waals surface area (Å²) in [7, 11) is 1.80. The molecule has 4 aromatic rings.